The van der Waals surface area contributed by atoms with Crippen LogP contribution in [0.5, 0.6) is 5.75 Å². The Morgan fingerprint density at radius 1 is 1.27 bits per heavy atom. The molecule has 2 amide bonds. The number of epoxide rings is 1. The van der Waals surface area contributed by atoms with E-state index in [1.165, 1.54) is 19.1 Å². The van der Waals surface area contributed by atoms with Gasteiger partial charge >= 0.3 is 12.1 Å². The zero-order valence-electron chi connectivity index (χ0n) is 26.3. The number of esters is 1. The minimum absolute atomic E-state index is 0.00742. The molecule has 2 saturated heterocycles. The Kier molecular flexibility index (Phi) is 10.3. The third-order valence-electron chi connectivity index (χ3n) is 8.68. The summed E-state index contributed by atoms with van der Waals surface area (Å²) in [7, 11) is 4.57. The first-order chi connectivity index (χ1) is 20.8. The summed E-state index contributed by atoms with van der Waals surface area (Å²) in [5.74, 6) is -0.813. The number of halogens is 1. The van der Waals surface area contributed by atoms with Crippen molar-refractivity contribution in [1.29, 1.82) is 0 Å². The summed E-state index contributed by atoms with van der Waals surface area (Å²) in [6, 6.07) is 3.64. The molecule has 0 aliphatic carbocycles. The van der Waals surface area contributed by atoms with E-state index in [1.54, 1.807) is 26.1 Å². The number of allylic oxidation sites excluding steroid dienone is 3. The highest BCUT2D eigenvalue weighted by molar-refractivity contribution is 6.35. The van der Waals surface area contributed by atoms with Crippen molar-refractivity contribution in [1.82, 2.24) is 5.32 Å². The van der Waals surface area contributed by atoms with Gasteiger partial charge in [0.2, 0.25) is 5.91 Å². The number of hydrogen-bond acceptors (Lipinski definition) is 9. The fourth-order valence-electron chi connectivity index (χ4n) is 6.03. The van der Waals surface area contributed by atoms with Crippen LogP contribution in [0.2, 0.25) is 5.02 Å². The number of carbonyl (C=O) groups is 3. The van der Waals surface area contributed by atoms with Crippen molar-refractivity contribution >= 4 is 35.3 Å². The van der Waals surface area contributed by atoms with E-state index < -0.39 is 53.7 Å². The molecule has 0 saturated carbocycles. The van der Waals surface area contributed by atoms with Crippen molar-refractivity contribution in [3.63, 3.8) is 0 Å². The van der Waals surface area contributed by atoms with Crippen LogP contribution in [0.3, 0.4) is 0 Å². The Hall–Kier alpha value is -3.12. The van der Waals surface area contributed by atoms with Gasteiger partial charge in [-0.15, -0.1) is 0 Å². The maximum absolute atomic E-state index is 13.8. The highest BCUT2D eigenvalue weighted by atomic mass is 35.5. The lowest BCUT2D eigenvalue weighted by atomic mass is 9.83. The summed E-state index contributed by atoms with van der Waals surface area (Å²) in [5.41, 5.74) is -0.561. The van der Waals surface area contributed by atoms with Gasteiger partial charge in [-0.1, -0.05) is 49.2 Å². The van der Waals surface area contributed by atoms with E-state index in [-0.39, 0.29) is 30.2 Å². The summed E-state index contributed by atoms with van der Waals surface area (Å²) in [6.07, 6.45) is 2.47. The molecule has 1 aromatic rings. The number of fused-ring (bicyclic) bond motifs is 5. The largest absolute Gasteiger partial charge is 0.495 e. The van der Waals surface area contributed by atoms with Crippen LogP contribution in [-0.2, 0) is 35.0 Å². The number of alkyl carbamates (subject to hydrolysis) is 1. The number of anilines is 1. The van der Waals surface area contributed by atoms with Gasteiger partial charge in [0.1, 0.15) is 34.7 Å². The molecule has 2 fully saturated rings. The van der Waals surface area contributed by atoms with Crippen LogP contribution in [0.4, 0.5) is 10.5 Å². The molecule has 0 spiro atoms. The summed E-state index contributed by atoms with van der Waals surface area (Å²) in [4.78, 5) is 40.6. The highest BCUT2D eigenvalue weighted by Crippen LogP contribution is 2.49. The van der Waals surface area contributed by atoms with Crippen molar-refractivity contribution < 1.29 is 43.2 Å². The molecular weight excluding hydrogens is 592 g/mol. The van der Waals surface area contributed by atoms with Gasteiger partial charge in [-0.3, -0.25) is 14.9 Å². The number of ether oxygens (including phenoxy) is 5. The van der Waals surface area contributed by atoms with E-state index in [0.717, 1.165) is 11.1 Å². The standard InChI is InChI=1S/C32H43ClN2O9/c1-8-10-27(37)43-25-16-26(36)35(5)21-14-20(15-22(40-6)28(21)33)13-18(2)11-9-12-24(41-7)32(39)17-23(42-30(38)34-32)19(3)29-31(25,4)44-29/h9,11-12,14-15,19,23-25,29,39H,8,10,13,16-17H2,1-7H3,(H,34,38)/b12-9-,18-11+/t19-,23+,24-,25+,29+,31+,32+/m1/s1. The monoisotopic (exact) mass is 634 g/mol. The number of nitrogens with zero attached hydrogens (tertiary/aromatic N) is 1. The van der Waals surface area contributed by atoms with Crippen LogP contribution in [-0.4, -0.2) is 80.1 Å². The molecule has 7 atom stereocenters. The Morgan fingerprint density at radius 2 is 2.00 bits per heavy atom. The number of aliphatic hydroxyl groups is 1. The molecule has 4 rings (SSSR count). The minimum Gasteiger partial charge on any atom is -0.495 e. The van der Waals surface area contributed by atoms with Crippen LogP contribution in [0.1, 0.15) is 58.9 Å². The maximum atomic E-state index is 13.8. The molecule has 242 valence electrons. The molecule has 44 heavy (non-hydrogen) atoms. The summed E-state index contributed by atoms with van der Waals surface area (Å²) in [5, 5.41) is 14.4. The van der Waals surface area contributed by atoms with E-state index in [0.29, 0.717) is 24.3 Å². The first kappa shape index (κ1) is 33.8. The highest BCUT2D eigenvalue weighted by Gasteiger charge is 2.64. The van der Waals surface area contributed by atoms with E-state index in [2.05, 4.69) is 5.32 Å². The molecule has 0 radical (unpaired) electrons. The van der Waals surface area contributed by atoms with Gasteiger partial charge in [0.25, 0.3) is 0 Å². The molecule has 3 aliphatic heterocycles. The van der Waals surface area contributed by atoms with E-state index in [1.807, 2.05) is 39.0 Å². The smallest absolute Gasteiger partial charge is 0.409 e. The van der Waals surface area contributed by atoms with Crippen LogP contribution >= 0.6 is 11.6 Å². The SMILES string of the molecule is CCCC(=O)O[C@H]1CC(=O)N(C)c2cc(cc(OC)c2Cl)C/C(C)=C/C=C\[C@@H](OC)[C@@]2(O)C[C@H](OC(=O)N2)[C@@H](C)[C@@H]2O[C@@]12C. The molecule has 12 heteroatoms. The molecule has 3 aliphatic rings. The molecule has 4 bridgehead atoms. The molecule has 0 aromatic heterocycles. The fraction of sp³-hybridized carbons (Fsp3) is 0.594. The first-order valence-electron chi connectivity index (χ1n) is 14.8. The van der Waals surface area contributed by atoms with Crippen molar-refractivity contribution in [3.8, 4) is 5.75 Å². The third kappa shape index (κ3) is 7.06. The van der Waals surface area contributed by atoms with Gasteiger partial charge in [-0.05, 0) is 44.4 Å². The molecular formula is C32H43ClN2O9. The minimum atomic E-state index is -1.76. The lowest BCUT2D eigenvalue weighted by Crippen LogP contribution is -2.63. The van der Waals surface area contributed by atoms with Gasteiger partial charge in [0.05, 0.1) is 25.3 Å². The Bertz CT molecular complexity index is 1330. The van der Waals surface area contributed by atoms with Crippen LogP contribution in [0.25, 0.3) is 0 Å². The maximum Gasteiger partial charge on any atom is 0.409 e. The Morgan fingerprint density at radius 3 is 2.66 bits per heavy atom. The van der Waals surface area contributed by atoms with Crippen molar-refractivity contribution in [2.24, 2.45) is 5.92 Å². The van der Waals surface area contributed by atoms with Crippen molar-refractivity contribution in [2.45, 2.75) is 95.5 Å². The van der Waals surface area contributed by atoms with Gasteiger partial charge in [0, 0.05) is 32.9 Å². The number of hydrogen-bond donors (Lipinski definition) is 2. The summed E-state index contributed by atoms with van der Waals surface area (Å²) in [6.45, 7) is 7.41. The zero-order chi connectivity index (χ0) is 32.4. The average Bonchev–Trinajstić information content (AvgIpc) is 3.66. The Labute approximate surface area is 263 Å². The fourth-order valence-corrected chi connectivity index (χ4v) is 6.34. The van der Waals surface area contributed by atoms with Gasteiger partial charge in [-0.2, -0.15) is 0 Å². The second kappa shape index (κ2) is 13.5. The number of nitrogens with one attached hydrogen (secondary N) is 1. The number of carbonyl (C=O) groups excluding carboxylic acids is 3. The van der Waals surface area contributed by atoms with E-state index in [9.17, 15) is 19.5 Å². The van der Waals surface area contributed by atoms with E-state index >= 15 is 0 Å². The third-order valence-corrected chi connectivity index (χ3v) is 9.06. The van der Waals surface area contributed by atoms with Crippen LogP contribution < -0.4 is 15.0 Å². The second-order valence-electron chi connectivity index (χ2n) is 12.0. The molecule has 1 aromatic carbocycles. The van der Waals surface area contributed by atoms with Crippen LogP contribution in [0, 0.1) is 5.92 Å². The Balaban J connectivity index is 1.79. The predicted octanol–water partition coefficient (Wildman–Crippen LogP) is 4.47. The van der Waals surface area contributed by atoms with Gasteiger partial charge in [0.15, 0.2) is 5.72 Å². The zero-order valence-corrected chi connectivity index (χ0v) is 27.1. The molecule has 0 unspecified atom stereocenters. The van der Waals surface area contributed by atoms with Gasteiger partial charge < -0.3 is 33.7 Å². The quantitative estimate of drug-likeness (QED) is 0.355. The number of benzene rings is 1. The van der Waals surface area contributed by atoms with Crippen molar-refractivity contribution in [2.75, 3.05) is 26.2 Å². The number of rotatable bonds is 5. The van der Waals surface area contributed by atoms with E-state index in [4.69, 9.17) is 35.3 Å². The molecule has 3 heterocycles. The normalized spacial score (nSPS) is 34.5. The first-order valence-corrected chi connectivity index (χ1v) is 15.2. The van der Waals surface area contributed by atoms with Gasteiger partial charge in [-0.25, -0.2) is 4.79 Å². The lowest BCUT2D eigenvalue weighted by molar-refractivity contribution is -0.153. The predicted molar refractivity (Wildman–Crippen MR) is 164 cm³/mol. The lowest BCUT2D eigenvalue weighted by Gasteiger charge is -2.42. The number of amides is 2. The summed E-state index contributed by atoms with van der Waals surface area (Å²) < 4.78 is 28.8. The topological polar surface area (TPSA) is 136 Å². The summed E-state index contributed by atoms with van der Waals surface area (Å²) >= 11 is 6.68. The number of methoxy groups -OCH3 is 2. The average molecular weight is 635 g/mol. The van der Waals surface area contributed by atoms with Crippen molar-refractivity contribution in [3.05, 3.63) is 46.5 Å². The molecule has 11 nitrogen and oxygen atoms in total. The molecule has 2 N–H and O–H groups in total. The second-order valence-corrected chi connectivity index (χ2v) is 12.4. The van der Waals surface area contributed by atoms with Crippen LogP contribution in [0.15, 0.2) is 35.9 Å².